The highest BCUT2D eigenvalue weighted by atomic mass is 15.1. The van der Waals surface area contributed by atoms with Crippen LogP contribution in [-0.2, 0) is 5.41 Å². The first kappa shape index (κ1) is 31.5. The van der Waals surface area contributed by atoms with Crippen LogP contribution in [0.2, 0.25) is 0 Å². The van der Waals surface area contributed by atoms with E-state index in [1.54, 1.807) is 0 Å². The normalized spacial score (nSPS) is 12.6. The van der Waals surface area contributed by atoms with Gasteiger partial charge in [-0.25, -0.2) is 0 Å². The third kappa shape index (κ3) is 5.25. The van der Waals surface area contributed by atoms with E-state index in [2.05, 4.69) is 219 Å². The monoisotopic (exact) mass is 665 g/mol. The quantitative estimate of drug-likeness (QED) is 0.164. The van der Waals surface area contributed by atoms with Crippen molar-refractivity contribution >= 4 is 17.1 Å². The smallest absolute Gasteiger partial charge is 0.0546 e. The molecule has 0 heterocycles. The van der Waals surface area contributed by atoms with Crippen molar-refractivity contribution in [2.75, 3.05) is 4.90 Å². The lowest BCUT2D eigenvalue weighted by atomic mass is 9.82. The van der Waals surface area contributed by atoms with Crippen molar-refractivity contribution in [1.29, 1.82) is 0 Å². The van der Waals surface area contributed by atoms with Crippen molar-refractivity contribution in [2.45, 2.75) is 19.3 Å². The molecule has 0 amide bonds. The summed E-state index contributed by atoms with van der Waals surface area (Å²) in [5.41, 5.74) is 18.3. The lowest BCUT2D eigenvalue weighted by Crippen LogP contribution is -2.15. The van der Waals surface area contributed by atoms with E-state index >= 15 is 0 Å². The number of nitrogens with zero attached hydrogens (tertiary/aromatic N) is 1. The van der Waals surface area contributed by atoms with Gasteiger partial charge in [0.1, 0.15) is 0 Å². The maximum atomic E-state index is 2.48. The predicted molar refractivity (Wildman–Crippen MR) is 220 cm³/mol. The van der Waals surface area contributed by atoms with Crippen LogP contribution >= 0.6 is 0 Å². The van der Waals surface area contributed by atoms with Crippen molar-refractivity contribution in [2.24, 2.45) is 0 Å². The maximum absolute atomic E-state index is 2.48. The van der Waals surface area contributed by atoms with Gasteiger partial charge in [0.05, 0.1) is 11.4 Å². The van der Waals surface area contributed by atoms with E-state index in [1.165, 1.54) is 66.8 Å². The highest BCUT2D eigenvalue weighted by Gasteiger charge is 2.37. The molecule has 248 valence electrons. The van der Waals surface area contributed by atoms with Crippen LogP contribution in [0.15, 0.2) is 200 Å². The summed E-state index contributed by atoms with van der Waals surface area (Å²) in [6.07, 6.45) is 0. The maximum Gasteiger partial charge on any atom is 0.0546 e. The Morgan fingerprint density at radius 2 is 0.769 bits per heavy atom. The summed E-state index contributed by atoms with van der Waals surface area (Å²) in [5.74, 6) is 0. The van der Waals surface area contributed by atoms with Crippen molar-refractivity contribution in [3.05, 3.63) is 211 Å². The molecule has 1 nitrogen and oxygen atoms in total. The van der Waals surface area contributed by atoms with E-state index in [4.69, 9.17) is 0 Å². The predicted octanol–water partition coefficient (Wildman–Crippen LogP) is 14.1. The molecule has 0 fully saturated rings. The zero-order valence-electron chi connectivity index (χ0n) is 29.5. The molecular formula is C51H39N. The Balaban J connectivity index is 1.36. The van der Waals surface area contributed by atoms with Gasteiger partial charge in [0.2, 0.25) is 0 Å². The van der Waals surface area contributed by atoms with Gasteiger partial charge < -0.3 is 4.90 Å². The van der Waals surface area contributed by atoms with Gasteiger partial charge in [0.25, 0.3) is 0 Å². The molecule has 8 aromatic rings. The second-order valence-electron chi connectivity index (χ2n) is 14.1. The van der Waals surface area contributed by atoms with Gasteiger partial charge in [-0.3, -0.25) is 0 Å². The lowest BCUT2D eigenvalue weighted by molar-refractivity contribution is 0.660. The molecular weight excluding hydrogens is 627 g/mol. The molecule has 1 aliphatic carbocycles. The average Bonchev–Trinajstić information content (AvgIpc) is 3.45. The van der Waals surface area contributed by atoms with Crippen molar-refractivity contribution in [3.63, 3.8) is 0 Å². The number of fused-ring (bicyclic) bond motifs is 3. The van der Waals surface area contributed by atoms with Gasteiger partial charge in [-0.2, -0.15) is 0 Å². The number of benzene rings is 8. The summed E-state index contributed by atoms with van der Waals surface area (Å²) in [6.45, 7) is 4.71. The Bertz CT molecular complexity index is 2530. The molecule has 0 saturated heterocycles. The molecule has 0 unspecified atom stereocenters. The Morgan fingerprint density at radius 1 is 0.308 bits per heavy atom. The Morgan fingerprint density at radius 3 is 1.48 bits per heavy atom. The van der Waals surface area contributed by atoms with Crippen LogP contribution in [0.1, 0.15) is 25.0 Å². The molecule has 0 atom stereocenters. The van der Waals surface area contributed by atoms with Crippen LogP contribution in [0.5, 0.6) is 0 Å². The minimum Gasteiger partial charge on any atom is -0.309 e. The molecule has 0 saturated carbocycles. The van der Waals surface area contributed by atoms with Gasteiger partial charge in [-0.15, -0.1) is 0 Å². The van der Waals surface area contributed by atoms with Crippen LogP contribution in [0.25, 0.3) is 55.6 Å². The first-order chi connectivity index (χ1) is 25.6. The molecule has 0 bridgehead atoms. The molecule has 0 radical (unpaired) electrons. The van der Waals surface area contributed by atoms with E-state index < -0.39 is 0 Å². The summed E-state index contributed by atoms with van der Waals surface area (Å²) in [7, 11) is 0. The van der Waals surface area contributed by atoms with Gasteiger partial charge >= 0.3 is 0 Å². The molecule has 1 aliphatic rings. The zero-order chi connectivity index (χ0) is 35.1. The SMILES string of the molecule is CC1(C)c2ccccc2-c2c(-c3ccccc3N(c3ccccc3)c3cccc(-c4ccccc4)c3-c3ccccc3-c3ccccc3)cccc21. The lowest BCUT2D eigenvalue weighted by Gasteiger charge is -2.32. The molecule has 0 N–H and O–H groups in total. The fraction of sp³-hybridized carbons (Fsp3) is 0.0588. The highest BCUT2D eigenvalue weighted by molar-refractivity contribution is 6.04. The van der Waals surface area contributed by atoms with Crippen molar-refractivity contribution in [1.82, 2.24) is 0 Å². The molecule has 0 spiro atoms. The topological polar surface area (TPSA) is 3.24 Å². The third-order valence-electron chi connectivity index (χ3n) is 10.7. The van der Waals surface area contributed by atoms with Crippen LogP contribution in [-0.4, -0.2) is 0 Å². The molecule has 0 aliphatic heterocycles. The van der Waals surface area contributed by atoms with Crippen molar-refractivity contribution < 1.29 is 0 Å². The standard InChI is InChI=1S/C51H39N/c1-51(2)45-32-16-14-29-44(45)49-43(31-18-33-46(49)51)41-27-15-17-34-47(41)52(38-24-10-5-11-25-38)48-35-19-30-40(37-22-8-4-9-23-37)50(48)42-28-13-12-26-39(42)36-20-6-3-7-21-36/h3-35H,1-2H3. The summed E-state index contributed by atoms with van der Waals surface area (Å²) in [6, 6.07) is 72.8. The number of rotatable bonds is 7. The summed E-state index contributed by atoms with van der Waals surface area (Å²) in [4.78, 5) is 2.48. The number of anilines is 3. The Kier molecular flexibility index (Phi) is 7.90. The second kappa shape index (κ2) is 13.0. The first-order valence-electron chi connectivity index (χ1n) is 18.1. The number of hydrogen-bond acceptors (Lipinski definition) is 1. The molecule has 0 aromatic heterocycles. The minimum atomic E-state index is -0.0890. The second-order valence-corrected chi connectivity index (χ2v) is 14.1. The van der Waals surface area contributed by atoms with E-state index in [0.29, 0.717) is 0 Å². The van der Waals surface area contributed by atoms with Crippen molar-refractivity contribution in [3.8, 4) is 55.6 Å². The number of hydrogen-bond donors (Lipinski definition) is 0. The summed E-state index contributed by atoms with van der Waals surface area (Å²) in [5, 5.41) is 0. The highest BCUT2D eigenvalue weighted by Crippen LogP contribution is 2.55. The minimum absolute atomic E-state index is 0.0890. The van der Waals surface area contributed by atoms with E-state index in [0.717, 1.165) is 17.1 Å². The third-order valence-corrected chi connectivity index (χ3v) is 10.7. The Labute approximate surface area is 307 Å². The fourth-order valence-corrected chi connectivity index (χ4v) is 8.30. The zero-order valence-corrected chi connectivity index (χ0v) is 29.5. The van der Waals surface area contributed by atoms with Crippen LogP contribution in [0, 0.1) is 0 Å². The summed E-state index contributed by atoms with van der Waals surface area (Å²) >= 11 is 0. The van der Waals surface area contributed by atoms with E-state index in [-0.39, 0.29) is 5.41 Å². The average molecular weight is 666 g/mol. The van der Waals surface area contributed by atoms with Gasteiger partial charge in [0.15, 0.2) is 0 Å². The molecule has 52 heavy (non-hydrogen) atoms. The number of para-hydroxylation sites is 2. The van der Waals surface area contributed by atoms with Gasteiger partial charge in [-0.05, 0) is 79.9 Å². The summed E-state index contributed by atoms with van der Waals surface area (Å²) < 4.78 is 0. The molecule has 8 aromatic carbocycles. The van der Waals surface area contributed by atoms with Gasteiger partial charge in [-0.1, -0.05) is 190 Å². The van der Waals surface area contributed by atoms with Crippen LogP contribution in [0.3, 0.4) is 0 Å². The van der Waals surface area contributed by atoms with Gasteiger partial charge in [0, 0.05) is 22.2 Å². The largest absolute Gasteiger partial charge is 0.309 e. The molecule has 9 rings (SSSR count). The Hall–Kier alpha value is -6.44. The fourth-order valence-electron chi connectivity index (χ4n) is 8.30. The van der Waals surface area contributed by atoms with E-state index in [9.17, 15) is 0 Å². The first-order valence-corrected chi connectivity index (χ1v) is 18.1. The van der Waals surface area contributed by atoms with E-state index in [1.807, 2.05) is 0 Å². The van der Waals surface area contributed by atoms with Crippen LogP contribution in [0.4, 0.5) is 17.1 Å². The van der Waals surface area contributed by atoms with Crippen LogP contribution < -0.4 is 4.90 Å². The molecule has 1 heteroatoms.